The Hall–Kier alpha value is -1.21. The lowest BCUT2D eigenvalue weighted by atomic mass is 10.1. The van der Waals surface area contributed by atoms with Gasteiger partial charge in [0, 0.05) is 18.2 Å². The maximum atomic E-state index is 13.5. The molecule has 1 unspecified atom stereocenters. The molecule has 1 saturated carbocycles. The van der Waals surface area contributed by atoms with Gasteiger partial charge >= 0.3 is 6.18 Å². The molecule has 2 nitrogen and oxygen atoms in total. The summed E-state index contributed by atoms with van der Waals surface area (Å²) in [6.07, 6.45) is -4.64. The van der Waals surface area contributed by atoms with Gasteiger partial charge < -0.3 is 5.11 Å². The first kappa shape index (κ1) is 15.2. The molecule has 0 spiro atoms. The van der Waals surface area contributed by atoms with Gasteiger partial charge in [0.25, 0.3) is 0 Å². The largest absolute Gasteiger partial charge is 0.401 e. The number of benzene rings is 1. The standard InChI is InChI=1S/C13H14F5NO/c14-10-3-1-2-9(12(10)15)11(20)6-19(8-4-5-8)7-13(16,17)18/h1-3,8,11,20H,4-7H2. The summed E-state index contributed by atoms with van der Waals surface area (Å²) in [5.41, 5.74) is -0.321. The normalized spacial score (nSPS) is 17.6. The molecule has 1 aromatic carbocycles. The molecule has 20 heavy (non-hydrogen) atoms. The Morgan fingerprint density at radius 1 is 1.25 bits per heavy atom. The van der Waals surface area contributed by atoms with E-state index >= 15 is 0 Å². The van der Waals surface area contributed by atoms with Crippen molar-refractivity contribution < 1.29 is 27.1 Å². The molecule has 1 atom stereocenters. The molecule has 0 heterocycles. The fraction of sp³-hybridized carbons (Fsp3) is 0.538. The Morgan fingerprint density at radius 3 is 2.45 bits per heavy atom. The number of hydrogen-bond donors (Lipinski definition) is 1. The highest BCUT2D eigenvalue weighted by molar-refractivity contribution is 5.21. The number of nitrogens with zero attached hydrogens (tertiary/aromatic N) is 1. The minimum atomic E-state index is -4.39. The Kier molecular flexibility index (Phi) is 4.29. The van der Waals surface area contributed by atoms with Gasteiger partial charge in [0.15, 0.2) is 11.6 Å². The monoisotopic (exact) mass is 295 g/mol. The van der Waals surface area contributed by atoms with Crippen LogP contribution in [-0.2, 0) is 0 Å². The summed E-state index contributed by atoms with van der Waals surface area (Å²) in [6.45, 7) is -1.53. The molecule has 0 saturated heterocycles. The van der Waals surface area contributed by atoms with E-state index in [-0.39, 0.29) is 18.2 Å². The van der Waals surface area contributed by atoms with Crippen molar-refractivity contribution >= 4 is 0 Å². The molecule has 1 aromatic rings. The van der Waals surface area contributed by atoms with Crippen LogP contribution in [0.3, 0.4) is 0 Å². The number of rotatable bonds is 5. The van der Waals surface area contributed by atoms with Gasteiger partial charge in [-0.25, -0.2) is 8.78 Å². The lowest BCUT2D eigenvalue weighted by molar-refractivity contribution is -0.150. The molecule has 0 aliphatic heterocycles. The highest BCUT2D eigenvalue weighted by atomic mass is 19.4. The molecule has 0 amide bonds. The summed E-state index contributed by atoms with van der Waals surface area (Å²) >= 11 is 0. The molecular weight excluding hydrogens is 281 g/mol. The molecule has 112 valence electrons. The first-order valence-electron chi connectivity index (χ1n) is 6.20. The summed E-state index contributed by atoms with van der Waals surface area (Å²) in [6, 6.07) is 3.02. The molecule has 0 radical (unpaired) electrons. The summed E-state index contributed by atoms with van der Waals surface area (Å²) in [4.78, 5) is 1.06. The predicted molar refractivity (Wildman–Crippen MR) is 62.0 cm³/mol. The summed E-state index contributed by atoms with van der Waals surface area (Å²) in [7, 11) is 0. The van der Waals surface area contributed by atoms with Crippen LogP contribution in [-0.4, -0.2) is 35.3 Å². The number of alkyl halides is 3. The fourth-order valence-electron chi connectivity index (χ4n) is 2.11. The van der Waals surface area contributed by atoms with E-state index in [2.05, 4.69) is 0 Å². The predicted octanol–water partition coefficient (Wildman–Crippen LogP) is 3.02. The molecule has 0 bridgehead atoms. The lowest BCUT2D eigenvalue weighted by Gasteiger charge is -2.26. The van der Waals surface area contributed by atoms with Crippen molar-refractivity contribution in [2.24, 2.45) is 0 Å². The van der Waals surface area contributed by atoms with E-state index < -0.39 is 30.5 Å². The SMILES string of the molecule is OC(CN(CC(F)(F)F)C1CC1)c1cccc(F)c1F. The van der Waals surface area contributed by atoms with Crippen molar-refractivity contribution in [3.8, 4) is 0 Å². The van der Waals surface area contributed by atoms with Gasteiger partial charge in [-0.1, -0.05) is 12.1 Å². The van der Waals surface area contributed by atoms with Crippen molar-refractivity contribution in [1.29, 1.82) is 0 Å². The number of halogens is 5. The Morgan fingerprint density at radius 2 is 1.90 bits per heavy atom. The minimum absolute atomic E-state index is 0.247. The van der Waals surface area contributed by atoms with Gasteiger partial charge in [0.05, 0.1) is 12.6 Å². The molecule has 1 N–H and O–H groups in total. The highest BCUT2D eigenvalue weighted by Gasteiger charge is 2.39. The van der Waals surface area contributed by atoms with Crippen LogP contribution in [0.2, 0.25) is 0 Å². The van der Waals surface area contributed by atoms with Gasteiger partial charge in [-0.15, -0.1) is 0 Å². The third-order valence-corrected chi connectivity index (χ3v) is 3.19. The highest BCUT2D eigenvalue weighted by Crippen LogP contribution is 2.32. The number of aliphatic hydroxyl groups excluding tert-OH is 1. The summed E-state index contributed by atoms with van der Waals surface area (Å²) < 4.78 is 63.8. The molecule has 1 aliphatic carbocycles. The van der Waals surface area contributed by atoms with Crippen LogP contribution in [0.1, 0.15) is 24.5 Å². The molecule has 1 fully saturated rings. The maximum Gasteiger partial charge on any atom is 0.401 e. The van der Waals surface area contributed by atoms with Crippen molar-refractivity contribution in [3.63, 3.8) is 0 Å². The molecule has 2 rings (SSSR count). The van der Waals surface area contributed by atoms with Crippen molar-refractivity contribution in [2.45, 2.75) is 31.2 Å². The zero-order valence-electron chi connectivity index (χ0n) is 10.5. The Bertz CT molecular complexity index is 472. The van der Waals surface area contributed by atoms with E-state index in [4.69, 9.17) is 0 Å². The van der Waals surface area contributed by atoms with Crippen molar-refractivity contribution in [3.05, 3.63) is 35.4 Å². The van der Waals surface area contributed by atoms with Crippen molar-refractivity contribution in [1.82, 2.24) is 4.90 Å². The zero-order valence-corrected chi connectivity index (χ0v) is 10.5. The third-order valence-electron chi connectivity index (χ3n) is 3.19. The van der Waals surface area contributed by atoms with E-state index in [9.17, 15) is 27.1 Å². The maximum absolute atomic E-state index is 13.5. The van der Waals surface area contributed by atoms with Crippen LogP contribution in [0.25, 0.3) is 0 Å². The van der Waals surface area contributed by atoms with E-state index in [0.29, 0.717) is 12.8 Å². The Balaban J connectivity index is 2.08. The van der Waals surface area contributed by atoms with Crippen LogP contribution in [0, 0.1) is 11.6 Å². The van der Waals surface area contributed by atoms with Crippen LogP contribution in [0.15, 0.2) is 18.2 Å². The lowest BCUT2D eigenvalue weighted by Crippen LogP contribution is -2.38. The zero-order chi connectivity index (χ0) is 14.9. The summed E-state index contributed by atoms with van der Waals surface area (Å²) in [5.74, 6) is -2.35. The first-order chi connectivity index (χ1) is 9.28. The van der Waals surface area contributed by atoms with Gasteiger partial charge in [0.1, 0.15) is 0 Å². The van der Waals surface area contributed by atoms with E-state index in [1.54, 1.807) is 0 Å². The molecule has 0 aromatic heterocycles. The molecule has 1 aliphatic rings. The average molecular weight is 295 g/mol. The topological polar surface area (TPSA) is 23.5 Å². The quantitative estimate of drug-likeness (QED) is 0.844. The van der Waals surface area contributed by atoms with Crippen LogP contribution >= 0.6 is 0 Å². The minimum Gasteiger partial charge on any atom is -0.387 e. The van der Waals surface area contributed by atoms with Crippen LogP contribution in [0.4, 0.5) is 22.0 Å². The fourth-order valence-corrected chi connectivity index (χ4v) is 2.11. The molecular formula is C13H14F5NO. The van der Waals surface area contributed by atoms with Gasteiger partial charge in [-0.3, -0.25) is 4.90 Å². The van der Waals surface area contributed by atoms with E-state index in [1.165, 1.54) is 12.1 Å². The van der Waals surface area contributed by atoms with Gasteiger partial charge in [-0.05, 0) is 18.9 Å². The third kappa shape index (κ3) is 3.89. The Labute approximate surface area is 112 Å². The van der Waals surface area contributed by atoms with Crippen LogP contribution in [0.5, 0.6) is 0 Å². The average Bonchev–Trinajstić information content (AvgIpc) is 3.14. The number of aliphatic hydroxyl groups is 1. The van der Waals surface area contributed by atoms with Gasteiger partial charge in [-0.2, -0.15) is 13.2 Å². The second-order valence-electron chi connectivity index (χ2n) is 4.93. The number of hydrogen-bond acceptors (Lipinski definition) is 2. The van der Waals surface area contributed by atoms with E-state index in [1.807, 2.05) is 0 Å². The van der Waals surface area contributed by atoms with Crippen molar-refractivity contribution in [2.75, 3.05) is 13.1 Å². The second kappa shape index (κ2) is 5.65. The molecule has 7 heteroatoms. The van der Waals surface area contributed by atoms with Crippen LogP contribution < -0.4 is 0 Å². The second-order valence-corrected chi connectivity index (χ2v) is 4.93. The summed E-state index contributed by atoms with van der Waals surface area (Å²) in [5, 5.41) is 9.85. The van der Waals surface area contributed by atoms with E-state index in [0.717, 1.165) is 11.0 Å². The van der Waals surface area contributed by atoms with Gasteiger partial charge in [0.2, 0.25) is 0 Å². The smallest absolute Gasteiger partial charge is 0.387 e. The first-order valence-corrected chi connectivity index (χ1v) is 6.20.